The van der Waals surface area contributed by atoms with Crippen molar-refractivity contribution in [2.75, 3.05) is 7.11 Å². The summed E-state index contributed by atoms with van der Waals surface area (Å²) < 4.78 is 34.9. The van der Waals surface area contributed by atoms with Crippen LogP contribution in [-0.2, 0) is 19.4 Å². The van der Waals surface area contributed by atoms with Gasteiger partial charge in [0.05, 0.1) is 13.2 Å². The van der Waals surface area contributed by atoms with Crippen molar-refractivity contribution in [2.45, 2.75) is 57.7 Å². The molecule has 0 atom stereocenters. The normalized spacial score (nSPS) is 26.0. The molecule has 102 valence electrons. The van der Waals surface area contributed by atoms with Crippen molar-refractivity contribution in [1.29, 1.82) is 0 Å². The van der Waals surface area contributed by atoms with E-state index >= 15 is 0 Å². The Balaban J connectivity index is 2.91. The molecule has 17 heavy (non-hydrogen) atoms. The van der Waals surface area contributed by atoms with Gasteiger partial charge in [-0.3, -0.25) is 4.55 Å². The maximum absolute atomic E-state index is 10.8. The van der Waals surface area contributed by atoms with Crippen LogP contribution in [0.15, 0.2) is 0 Å². The van der Waals surface area contributed by atoms with Crippen LogP contribution in [0.4, 0.5) is 0 Å². The highest BCUT2D eigenvalue weighted by atomic mass is 32.3. The highest BCUT2D eigenvalue weighted by Gasteiger charge is 2.47. The van der Waals surface area contributed by atoms with Gasteiger partial charge in [-0.05, 0) is 40.5 Å². The first kappa shape index (κ1) is 14.8. The minimum atomic E-state index is -4.41. The average Bonchev–Trinajstić information content (AvgIpc) is 1.94. The van der Waals surface area contributed by atoms with E-state index in [1.54, 1.807) is 7.11 Å². The fraction of sp³-hybridized carbons (Fsp3) is 1.00. The van der Waals surface area contributed by atoms with Crippen LogP contribution >= 0.6 is 0 Å². The van der Waals surface area contributed by atoms with Crippen molar-refractivity contribution in [3.8, 4) is 0 Å². The lowest BCUT2D eigenvalue weighted by molar-refractivity contribution is -0.274. The quantitative estimate of drug-likeness (QED) is 0.779. The summed E-state index contributed by atoms with van der Waals surface area (Å²) in [5, 5.41) is 1.84. The molecule has 1 rings (SSSR count). The fourth-order valence-electron chi connectivity index (χ4n) is 2.91. The van der Waals surface area contributed by atoms with E-state index in [2.05, 4.69) is 4.18 Å². The predicted octanol–water partition coefficient (Wildman–Crippen LogP) is 1.39. The molecule has 0 saturated carbocycles. The van der Waals surface area contributed by atoms with E-state index in [0.29, 0.717) is 12.8 Å². The van der Waals surface area contributed by atoms with E-state index in [9.17, 15) is 8.42 Å². The van der Waals surface area contributed by atoms with Gasteiger partial charge in [-0.25, -0.2) is 4.18 Å². The number of piperidine rings is 1. The van der Waals surface area contributed by atoms with Gasteiger partial charge in [0, 0.05) is 11.1 Å². The summed E-state index contributed by atoms with van der Waals surface area (Å²) in [7, 11) is -2.82. The van der Waals surface area contributed by atoms with E-state index < -0.39 is 16.5 Å². The Labute approximate surface area is 103 Å². The summed E-state index contributed by atoms with van der Waals surface area (Å²) in [6.07, 6.45) is 0.384. The molecule has 1 fully saturated rings. The summed E-state index contributed by atoms with van der Waals surface area (Å²) in [4.78, 5) is 5.37. The molecule has 0 spiro atoms. The van der Waals surface area contributed by atoms with Gasteiger partial charge >= 0.3 is 10.4 Å². The van der Waals surface area contributed by atoms with Gasteiger partial charge in [0.25, 0.3) is 0 Å². The Kier molecular flexibility index (Phi) is 3.91. The first-order valence-corrected chi connectivity index (χ1v) is 6.85. The van der Waals surface area contributed by atoms with Crippen LogP contribution in [0.5, 0.6) is 0 Å². The molecular weight excluding hydrogens is 246 g/mol. The SMILES string of the molecule is CON1C(C)(C)CC(OS(=O)(=O)O)CC1(C)C. The summed E-state index contributed by atoms with van der Waals surface area (Å²) in [5.41, 5.74) is -0.738. The largest absolute Gasteiger partial charge is 0.397 e. The van der Waals surface area contributed by atoms with Crippen LogP contribution in [0.1, 0.15) is 40.5 Å². The van der Waals surface area contributed by atoms with Crippen molar-refractivity contribution in [1.82, 2.24) is 5.06 Å². The smallest absolute Gasteiger partial charge is 0.301 e. The lowest BCUT2D eigenvalue weighted by atomic mass is 9.80. The van der Waals surface area contributed by atoms with Crippen LogP contribution in [0.3, 0.4) is 0 Å². The molecule has 6 nitrogen and oxygen atoms in total. The molecule has 0 bridgehead atoms. The highest BCUT2D eigenvalue weighted by molar-refractivity contribution is 7.80. The van der Waals surface area contributed by atoms with Gasteiger partial charge in [0.1, 0.15) is 0 Å². The first-order valence-electron chi connectivity index (χ1n) is 5.48. The molecule has 1 saturated heterocycles. The summed E-state index contributed by atoms with van der Waals surface area (Å²) in [6, 6.07) is 0. The standard InChI is InChI=1S/C10H21NO5S/c1-9(2)6-8(16-17(12,13)14)7-10(3,4)11(9)15-5/h8H,6-7H2,1-5H3,(H,12,13,14). The number of nitrogens with zero attached hydrogens (tertiary/aromatic N) is 1. The van der Waals surface area contributed by atoms with Gasteiger partial charge in [-0.2, -0.15) is 13.5 Å². The number of hydrogen-bond acceptors (Lipinski definition) is 5. The summed E-state index contributed by atoms with van der Waals surface area (Å²) in [6.45, 7) is 7.77. The zero-order valence-electron chi connectivity index (χ0n) is 10.9. The van der Waals surface area contributed by atoms with Crippen LogP contribution in [-0.4, -0.2) is 42.3 Å². The van der Waals surface area contributed by atoms with E-state index in [0.717, 1.165) is 0 Å². The van der Waals surface area contributed by atoms with Crippen molar-refractivity contribution in [3.05, 3.63) is 0 Å². The lowest BCUT2D eigenvalue weighted by Gasteiger charge is -2.52. The monoisotopic (exact) mass is 267 g/mol. The predicted molar refractivity (Wildman–Crippen MR) is 62.7 cm³/mol. The van der Waals surface area contributed by atoms with Gasteiger partial charge in [0.15, 0.2) is 0 Å². The molecule has 1 aliphatic heterocycles. The molecule has 7 heteroatoms. The zero-order valence-corrected chi connectivity index (χ0v) is 11.7. The van der Waals surface area contributed by atoms with Crippen LogP contribution in [0.25, 0.3) is 0 Å². The zero-order chi connectivity index (χ0) is 13.5. The number of hydroxylamine groups is 2. The van der Waals surface area contributed by atoms with E-state index in [1.165, 1.54) is 0 Å². The Morgan fingerprint density at radius 1 is 1.18 bits per heavy atom. The minimum Gasteiger partial charge on any atom is -0.301 e. The van der Waals surface area contributed by atoms with Crippen molar-refractivity contribution in [3.63, 3.8) is 0 Å². The Bertz CT molecular complexity index is 358. The average molecular weight is 267 g/mol. The molecule has 1 N–H and O–H groups in total. The van der Waals surface area contributed by atoms with Gasteiger partial charge in [-0.15, -0.1) is 0 Å². The van der Waals surface area contributed by atoms with Gasteiger partial charge < -0.3 is 4.84 Å². The second-order valence-corrected chi connectivity index (χ2v) is 6.70. The third kappa shape index (κ3) is 3.62. The molecule has 1 heterocycles. The van der Waals surface area contributed by atoms with Gasteiger partial charge in [-0.1, -0.05) is 0 Å². The van der Waals surface area contributed by atoms with Gasteiger partial charge in [0.2, 0.25) is 0 Å². The number of rotatable bonds is 3. The van der Waals surface area contributed by atoms with Crippen molar-refractivity contribution >= 4 is 10.4 Å². The molecule has 0 aromatic rings. The highest BCUT2D eigenvalue weighted by Crippen LogP contribution is 2.39. The molecule has 1 aliphatic rings. The third-order valence-electron chi connectivity index (χ3n) is 2.99. The molecule has 0 aliphatic carbocycles. The maximum Gasteiger partial charge on any atom is 0.397 e. The Hall–Kier alpha value is -0.210. The maximum atomic E-state index is 10.8. The first-order chi connectivity index (χ1) is 7.48. The molecule has 0 aromatic heterocycles. The van der Waals surface area contributed by atoms with Crippen molar-refractivity contribution < 1.29 is 22.0 Å². The lowest BCUT2D eigenvalue weighted by Crippen LogP contribution is -2.61. The summed E-state index contributed by atoms with van der Waals surface area (Å²) >= 11 is 0. The van der Waals surface area contributed by atoms with Crippen LogP contribution in [0, 0.1) is 0 Å². The van der Waals surface area contributed by atoms with E-state index in [1.807, 2.05) is 32.8 Å². The van der Waals surface area contributed by atoms with E-state index in [-0.39, 0.29) is 11.1 Å². The molecule has 0 radical (unpaired) electrons. The molecule has 0 unspecified atom stereocenters. The van der Waals surface area contributed by atoms with Crippen molar-refractivity contribution in [2.24, 2.45) is 0 Å². The molecular formula is C10H21NO5S. The second-order valence-electron chi connectivity index (χ2n) is 5.66. The summed E-state index contributed by atoms with van der Waals surface area (Å²) in [5.74, 6) is 0. The topological polar surface area (TPSA) is 76.1 Å². The second kappa shape index (κ2) is 4.47. The minimum absolute atomic E-state index is 0.369. The van der Waals surface area contributed by atoms with Crippen LogP contribution < -0.4 is 0 Å². The third-order valence-corrected chi connectivity index (χ3v) is 3.51. The molecule has 0 amide bonds. The fourth-order valence-corrected chi connectivity index (χ4v) is 3.39. The van der Waals surface area contributed by atoms with E-state index in [4.69, 9.17) is 9.39 Å². The van der Waals surface area contributed by atoms with Crippen LogP contribution in [0.2, 0.25) is 0 Å². The Morgan fingerprint density at radius 3 is 1.88 bits per heavy atom. The Morgan fingerprint density at radius 2 is 1.59 bits per heavy atom. The number of hydrogen-bond donors (Lipinski definition) is 1. The molecule has 0 aromatic carbocycles.